The van der Waals surface area contributed by atoms with Crippen LogP contribution in [0.5, 0.6) is 0 Å². The fourth-order valence-electron chi connectivity index (χ4n) is 4.16. The zero-order chi connectivity index (χ0) is 22.1. The summed E-state index contributed by atoms with van der Waals surface area (Å²) in [6.45, 7) is 2.38. The summed E-state index contributed by atoms with van der Waals surface area (Å²) in [5.74, 6) is 0. The highest BCUT2D eigenvalue weighted by molar-refractivity contribution is 7.86. The highest BCUT2D eigenvalue weighted by Gasteiger charge is 2.46. The Balaban J connectivity index is 1.66. The number of hydroxylamine groups is 2. The summed E-state index contributed by atoms with van der Waals surface area (Å²) in [5, 5.41) is 4.64. The summed E-state index contributed by atoms with van der Waals surface area (Å²) in [7, 11) is -0.0188. The van der Waals surface area contributed by atoms with Gasteiger partial charge in [-0.05, 0) is 51.6 Å². The average Bonchev–Trinajstić information content (AvgIpc) is 3.30. The van der Waals surface area contributed by atoms with E-state index in [1.54, 1.807) is 40.7 Å². The monoisotopic (exact) mass is 457 g/mol. The second-order valence-electron chi connectivity index (χ2n) is 8.17. The van der Waals surface area contributed by atoms with Gasteiger partial charge in [-0.15, -0.1) is 11.3 Å². The molecule has 8 heteroatoms. The Bertz CT molecular complexity index is 1100. The number of piperidine rings is 1. The number of benzene rings is 2. The van der Waals surface area contributed by atoms with E-state index in [1.807, 2.05) is 55.7 Å². The normalized spacial score (nSPS) is 22.6. The molecule has 1 fully saturated rings. The molecular formula is C23H27N3O3S2. The Kier molecular flexibility index (Phi) is 6.27. The molecule has 6 nitrogen and oxygen atoms in total. The summed E-state index contributed by atoms with van der Waals surface area (Å²) >= 11 is 1.64. The molecule has 0 saturated carbocycles. The van der Waals surface area contributed by atoms with Gasteiger partial charge in [-0.2, -0.15) is 17.8 Å². The molecule has 3 aromatic rings. The van der Waals surface area contributed by atoms with E-state index in [0.717, 1.165) is 10.6 Å². The molecule has 0 amide bonds. The fourth-order valence-corrected chi connectivity index (χ4v) is 6.05. The molecule has 4 rings (SSSR count). The van der Waals surface area contributed by atoms with E-state index in [-0.39, 0.29) is 16.5 Å². The first kappa shape index (κ1) is 22.1. The quantitative estimate of drug-likeness (QED) is 0.557. The van der Waals surface area contributed by atoms with Crippen molar-refractivity contribution >= 4 is 21.5 Å². The van der Waals surface area contributed by atoms with Gasteiger partial charge in [0.1, 0.15) is 5.01 Å². The molecule has 2 unspecified atom stereocenters. The number of rotatable bonds is 6. The van der Waals surface area contributed by atoms with Crippen molar-refractivity contribution in [3.05, 3.63) is 82.3 Å². The topological polar surface area (TPSA) is 62.7 Å². The van der Waals surface area contributed by atoms with Crippen molar-refractivity contribution < 1.29 is 12.7 Å². The van der Waals surface area contributed by atoms with Crippen LogP contribution >= 0.6 is 11.3 Å². The second kappa shape index (κ2) is 8.80. The van der Waals surface area contributed by atoms with Crippen molar-refractivity contribution in [3.63, 3.8) is 0 Å². The first-order valence-corrected chi connectivity index (χ1v) is 12.5. The minimum Gasteiger partial charge on any atom is -0.292 e. The van der Waals surface area contributed by atoms with Crippen LogP contribution in [0.1, 0.15) is 29.0 Å². The van der Waals surface area contributed by atoms with Crippen LogP contribution in [-0.2, 0) is 19.8 Å². The fraction of sp³-hybridized carbons (Fsp3) is 0.348. The van der Waals surface area contributed by atoms with Crippen LogP contribution in [0.15, 0.2) is 71.1 Å². The SMILES string of the molecule is Cc1ccc(S(=O)(=O)ON2CCC(c3ccccc3)(c3nccs3)CC2N(C)C)cc1. The Morgan fingerprint density at radius 2 is 1.84 bits per heavy atom. The number of thiazole rings is 1. The second-order valence-corrected chi connectivity index (χ2v) is 10.6. The predicted molar refractivity (Wildman–Crippen MR) is 122 cm³/mol. The van der Waals surface area contributed by atoms with Gasteiger partial charge in [0.05, 0.1) is 16.5 Å². The number of nitrogens with zero attached hydrogens (tertiary/aromatic N) is 3. The molecule has 0 aliphatic carbocycles. The van der Waals surface area contributed by atoms with Crippen LogP contribution in [-0.4, -0.2) is 50.2 Å². The highest BCUT2D eigenvalue weighted by Crippen LogP contribution is 2.45. The van der Waals surface area contributed by atoms with Gasteiger partial charge in [-0.3, -0.25) is 4.90 Å². The molecule has 31 heavy (non-hydrogen) atoms. The van der Waals surface area contributed by atoms with E-state index in [2.05, 4.69) is 17.1 Å². The largest absolute Gasteiger partial charge is 0.313 e. The van der Waals surface area contributed by atoms with Gasteiger partial charge in [0.2, 0.25) is 0 Å². The van der Waals surface area contributed by atoms with Crippen molar-refractivity contribution in [3.8, 4) is 0 Å². The third-order valence-corrected chi connectivity index (χ3v) is 8.10. The zero-order valence-electron chi connectivity index (χ0n) is 17.9. The van der Waals surface area contributed by atoms with Gasteiger partial charge >= 0.3 is 10.1 Å². The molecule has 0 bridgehead atoms. The predicted octanol–water partition coefficient (Wildman–Crippen LogP) is 4.04. The van der Waals surface area contributed by atoms with Gasteiger partial charge in [0.15, 0.2) is 0 Å². The minimum atomic E-state index is -3.91. The lowest BCUT2D eigenvalue weighted by Crippen LogP contribution is -2.55. The molecule has 0 spiro atoms. The third-order valence-electron chi connectivity index (χ3n) is 5.89. The van der Waals surface area contributed by atoms with E-state index in [9.17, 15) is 8.42 Å². The van der Waals surface area contributed by atoms with Crippen LogP contribution in [0.4, 0.5) is 0 Å². The van der Waals surface area contributed by atoms with Crippen molar-refractivity contribution in [2.75, 3.05) is 20.6 Å². The summed E-state index contributed by atoms with van der Waals surface area (Å²) < 4.78 is 31.6. The molecule has 0 N–H and O–H groups in total. The third kappa shape index (κ3) is 4.44. The minimum absolute atomic E-state index is 0.162. The smallest absolute Gasteiger partial charge is 0.292 e. The van der Waals surface area contributed by atoms with Crippen molar-refractivity contribution in [1.82, 2.24) is 14.9 Å². The van der Waals surface area contributed by atoms with E-state index in [1.165, 1.54) is 5.56 Å². The number of aryl methyl sites for hydroxylation is 1. The summed E-state index contributed by atoms with van der Waals surface area (Å²) in [6.07, 6.45) is 2.97. The summed E-state index contributed by atoms with van der Waals surface area (Å²) in [5.41, 5.74) is 1.90. The molecule has 2 heterocycles. The van der Waals surface area contributed by atoms with Crippen LogP contribution in [0, 0.1) is 6.92 Å². The van der Waals surface area contributed by atoms with Crippen molar-refractivity contribution in [2.45, 2.75) is 36.2 Å². The van der Waals surface area contributed by atoms with Crippen molar-refractivity contribution in [1.29, 1.82) is 0 Å². The van der Waals surface area contributed by atoms with Gasteiger partial charge in [-0.25, -0.2) is 4.98 Å². The van der Waals surface area contributed by atoms with Crippen LogP contribution in [0.2, 0.25) is 0 Å². The lowest BCUT2D eigenvalue weighted by atomic mass is 9.72. The van der Waals surface area contributed by atoms with E-state index >= 15 is 0 Å². The van der Waals surface area contributed by atoms with Gasteiger partial charge in [0.25, 0.3) is 0 Å². The number of aromatic nitrogens is 1. The maximum Gasteiger partial charge on any atom is 0.313 e. The average molecular weight is 458 g/mol. The molecule has 2 aromatic carbocycles. The first-order chi connectivity index (χ1) is 14.8. The zero-order valence-corrected chi connectivity index (χ0v) is 19.6. The Labute approximate surface area is 188 Å². The number of hydrogen-bond donors (Lipinski definition) is 0. The number of hydrogen-bond acceptors (Lipinski definition) is 7. The highest BCUT2D eigenvalue weighted by atomic mass is 32.2. The molecular weight excluding hydrogens is 430 g/mol. The van der Waals surface area contributed by atoms with Crippen LogP contribution in [0.25, 0.3) is 0 Å². The van der Waals surface area contributed by atoms with Gasteiger partial charge in [0, 0.05) is 18.1 Å². The van der Waals surface area contributed by atoms with E-state index < -0.39 is 10.1 Å². The maximum absolute atomic E-state index is 12.9. The Hall–Kier alpha value is -2.10. The molecule has 0 radical (unpaired) electrons. The van der Waals surface area contributed by atoms with Crippen LogP contribution in [0.3, 0.4) is 0 Å². The summed E-state index contributed by atoms with van der Waals surface area (Å²) in [4.78, 5) is 6.83. The first-order valence-electron chi connectivity index (χ1n) is 10.2. The molecule has 1 aliphatic heterocycles. The molecule has 1 aliphatic rings. The molecule has 1 saturated heterocycles. The summed E-state index contributed by atoms with van der Waals surface area (Å²) in [6, 6.07) is 17.1. The lowest BCUT2D eigenvalue weighted by molar-refractivity contribution is -0.158. The van der Waals surface area contributed by atoms with Crippen molar-refractivity contribution in [2.24, 2.45) is 0 Å². The van der Waals surface area contributed by atoms with Gasteiger partial charge in [-0.1, -0.05) is 48.0 Å². The Morgan fingerprint density at radius 3 is 2.45 bits per heavy atom. The lowest BCUT2D eigenvalue weighted by Gasteiger charge is -2.46. The molecule has 1 aromatic heterocycles. The molecule has 2 atom stereocenters. The maximum atomic E-state index is 12.9. The van der Waals surface area contributed by atoms with E-state index in [0.29, 0.717) is 19.4 Å². The Morgan fingerprint density at radius 1 is 1.13 bits per heavy atom. The standard InChI is InChI=1S/C23H27N3O3S2/c1-18-9-11-20(12-10-18)31(27,28)29-26-15-13-23(17-21(26)25(2)3,22-24-14-16-30-22)19-7-5-4-6-8-19/h4-12,14,16,21H,13,15,17H2,1-3H3. The van der Waals surface area contributed by atoms with Crippen LogP contribution < -0.4 is 0 Å². The van der Waals surface area contributed by atoms with Gasteiger partial charge < -0.3 is 0 Å². The van der Waals surface area contributed by atoms with E-state index in [4.69, 9.17) is 4.28 Å². The molecule has 164 valence electrons.